The fourth-order valence-corrected chi connectivity index (χ4v) is 2.37. The van der Waals surface area contributed by atoms with E-state index in [-0.39, 0.29) is 5.75 Å². The molecule has 19 heavy (non-hydrogen) atoms. The third kappa shape index (κ3) is 3.85. The lowest BCUT2D eigenvalue weighted by atomic mass is 10.2. The zero-order chi connectivity index (χ0) is 13.9. The molecule has 102 valence electrons. The maximum absolute atomic E-state index is 12.1. The lowest BCUT2D eigenvalue weighted by Gasteiger charge is -2.09. The monoisotopic (exact) mass is 288 g/mol. The predicted octanol–water partition coefficient (Wildman–Crippen LogP) is 4.14. The normalized spacial score (nSPS) is 11.4. The van der Waals surface area contributed by atoms with Gasteiger partial charge in [-0.25, -0.2) is 4.98 Å². The summed E-state index contributed by atoms with van der Waals surface area (Å²) in [6.45, 7) is 2.68. The number of hydrogen-bond acceptors (Lipinski definition) is 4. The lowest BCUT2D eigenvalue weighted by molar-refractivity contribution is -0.274. The standard InChI is InChI=1S/C12H11F3N2OS/c1-2-16-11-17-7-10(19-11)8-4-3-5-9(6-8)18-12(13,14)15/h3-7H,2H2,1H3,(H,16,17). The van der Waals surface area contributed by atoms with E-state index in [1.165, 1.54) is 29.5 Å². The average molecular weight is 288 g/mol. The van der Waals surface area contributed by atoms with Crippen molar-refractivity contribution < 1.29 is 17.9 Å². The molecule has 0 saturated carbocycles. The Morgan fingerprint density at radius 1 is 1.37 bits per heavy atom. The summed E-state index contributed by atoms with van der Waals surface area (Å²) in [4.78, 5) is 4.91. The predicted molar refractivity (Wildman–Crippen MR) is 68.4 cm³/mol. The van der Waals surface area contributed by atoms with Gasteiger partial charge in [-0.2, -0.15) is 0 Å². The Balaban J connectivity index is 2.22. The maximum atomic E-state index is 12.1. The van der Waals surface area contributed by atoms with Gasteiger partial charge in [0.05, 0.1) is 4.88 Å². The van der Waals surface area contributed by atoms with E-state index in [1.54, 1.807) is 12.3 Å². The van der Waals surface area contributed by atoms with E-state index in [4.69, 9.17) is 0 Å². The Morgan fingerprint density at radius 2 is 2.16 bits per heavy atom. The van der Waals surface area contributed by atoms with Gasteiger partial charge >= 0.3 is 6.36 Å². The minimum Gasteiger partial charge on any atom is -0.406 e. The zero-order valence-corrected chi connectivity index (χ0v) is 10.8. The SMILES string of the molecule is CCNc1ncc(-c2cccc(OC(F)(F)F)c2)s1. The molecule has 2 aromatic rings. The van der Waals surface area contributed by atoms with Gasteiger partial charge in [-0.3, -0.25) is 0 Å². The second-order valence-corrected chi connectivity index (χ2v) is 4.67. The highest BCUT2D eigenvalue weighted by molar-refractivity contribution is 7.18. The van der Waals surface area contributed by atoms with Crippen LogP contribution in [0.5, 0.6) is 5.75 Å². The topological polar surface area (TPSA) is 34.2 Å². The number of alkyl halides is 3. The highest BCUT2D eigenvalue weighted by atomic mass is 32.1. The number of rotatable bonds is 4. The highest BCUT2D eigenvalue weighted by Crippen LogP contribution is 2.32. The molecule has 2 rings (SSSR count). The largest absolute Gasteiger partial charge is 0.573 e. The number of halogens is 3. The minimum atomic E-state index is -4.68. The van der Waals surface area contributed by atoms with E-state index in [9.17, 15) is 13.2 Å². The Labute approximate surface area is 112 Å². The second kappa shape index (κ2) is 5.48. The van der Waals surface area contributed by atoms with E-state index < -0.39 is 6.36 Å². The quantitative estimate of drug-likeness (QED) is 0.918. The van der Waals surface area contributed by atoms with Crippen molar-refractivity contribution in [2.45, 2.75) is 13.3 Å². The van der Waals surface area contributed by atoms with Crippen LogP contribution >= 0.6 is 11.3 Å². The Bertz CT molecular complexity index is 554. The van der Waals surface area contributed by atoms with Crippen molar-refractivity contribution in [1.29, 1.82) is 0 Å². The first-order valence-electron chi connectivity index (χ1n) is 5.54. The molecule has 0 aliphatic rings. The number of ether oxygens (including phenoxy) is 1. The van der Waals surface area contributed by atoms with Crippen LogP contribution in [0.1, 0.15) is 6.92 Å². The van der Waals surface area contributed by atoms with E-state index in [0.717, 1.165) is 16.6 Å². The van der Waals surface area contributed by atoms with E-state index in [2.05, 4.69) is 15.0 Å². The van der Waals surface area contributed by atoms with Gasteiger partial charge in [-0.15, -0.1) is 13.2 Å². The summed E-state index contributed by atoms with van der Waals surface area (Å²) >= 11 is 1.38. The number of nitrogens with zero attached hydrogens (tertiary/aromatic N) is 1. The van der Waals surface area contributed by atoms with E-state index >= 15 is 0 Å². The van der Waals surface area contributed by atoms with Gasteiger partial charge in [0.25, 0.3) is 0 Å². The molecule has 0 saturated heterocycles. The number of aromatic nitrogens is 1. The zero-order valence-electron chi connectivity index (χ0n) is 9.99. The molecule has 0 aliphatic heterocycles. The summed E-state index contributed by atoms with van der Waals surface area (Å²) in [6.07, 6.45) is -3.06. The van der Waals surface area contributed by atoms with Gasteiger partial charge in [0.1, 0.15) is 5.75 Å². The van der Waals surface area contributed by atoms with Crippen molar-refractivity contribution in [2.24, 2.45) is 0 Å². The fraction of sp³-hybridized carbons (Fsp3) is 0.250. The second-order valence-electron chi connectivity index (χ2n) is 3.64. The molecule has 3 nitrogen and oxygen atoms in total. The summed E-state index contributed by atoms with van der Waals surface area (Å²) in [6, 6.07) is 5.84. The summed E-state index contributed by atoms with van der Waals surface area (Å²) in [5.41, 5.74) is 0.642. The highest BCUT2D eigenvalue weighted by Gasteiger charge is 2.31. The molecule has 1 aromatic carbocycles. The molecule has 0 fully saturated rings. The van der Waals surface area contributed by atoms with Gasteiger partial charge < -0.3 is 10.1 Å². The van der Waals surface area contributed by atoms with Gasteiger partial charge in [0, 0.05) is 12.7 Å². The van der Waals surface area contributed by atoms with Crippen molar-refractivity contribution in [3.8, 4) is 16.2 Å². The number of benzene rings is 1. The van der Waals surface area contributed by atoms with Crippen LogP contribution in [0.15, 0.2) is 30.5 Å². The maximum Gasteiger partial charge on any atom is 0.573 e. The molecule has 1 aromatic heterocycles. The van der Waals surface area contributed by atoms with Crippen LogP contribution in [-0.4, -0.2) is 17.9 Å². The van der Waals surface area contributed by atoms with Crippen LogP contribution in [-0.2, 0) is 0 Å². The van der Waals surface area contributed by atoms with Crippen LogP contribution < -0.4 is 10.1 Å². The first-order chi connectivity index (χ1) is 8.98. The lowest BCUT2D eigenvalue weighted by Crippen LogP contribution is -2.17. The van der Waals surface area contributed by atoms with Gasteiger partial charge in [-0.1, -0.05) is 23.5 Å². The smallest absolute Gasteiger partial charge is 0.406 e. The number of thiazole rings is 1. The van der Waals surface area contributed by atoms with Crippen LogP contribution in [0.4, 0.5) is 18.3 Å². The summed E-state index contributed by atoms with van der Waals surface area (Å²) in [5, 5.41) is 3.78. The van der Waals surface area contributed by atoms with Crippen LogP contribution in [0, 0.1) is 0 Å². The van der Waals surface area contributed by atoms with Crippen LogP contribution in [0.3, 0.4) is 0 Å². The van der Waals surface area contributed by atoms with Crippen molar-refractivity contribution in [3.63, 3.8) is 0 Å². The molecule has 0 amide bonds. The molecule has 7 heteroatoms. The first kappa shape index (κ1) is 13.7. The third-order valence-corrected chi connectivity index (χ3v) is 3.19. The third-order valence-electron chi connectivity index (χ3n) is 2.19. The first-order valence-corrected chi connectivity index (χ1v) is 6.35. The molecule has 0 radical (unpaired) electrons. The molecule has 0 spiro atoms. The minimum absolute atomic E-state index is 0.233. The molecule has 0 atom stereocenters. The Hall–Kier alpha value is -1.76. The molecule has 0 unspecified atom stereocenters. The van der Waals surface area contributed by atoms with E-state index in [0.29, 0.717) is 5.56 Å². The average Bonchev–Trinajstić information content (AvgIpc) is 2.76. The Kier molecular flexibility index (Phi) is 3.94. The van der Waals surface area contributed by atoms with Gasteiger partial charge in [-0.05, 0) is 24.6 Å². The van der Waals surface area contributed by atoms with Crippen molar-refractivity contribution >= 4 is 16.5 Å². The molecule has 1 N–H and O–H groups in total. The number of hydrogen-bond donors (Lipinski definition) is 1. The van der Waals surface area contributed by atoms with E-state index in [1.807, 2.05) is 6.92 Å². The Morgan fingerprint density at radius 3 is 2.84 bits per heavy atom. The molecular formula is C12H11F3N2OS. The number of anilines is 1. The molecular weight excluding hydrogens is 277 g/mol. The van der Waals surface area contributed by atoms with Crippen molar-refractivity contribution in [2.75, 3.05) is 11.9 Å². The molecule has 0 aliphatic carbocycles. The van der Waals surface area contributed by atoms with Crippen molar-refractivity contribution in [1.82, 2.24) is 4.98 Å². The molecule has 1 heterocycles. The van der Waals surface area contributed by atoms with Crippen LogP contribution in [0.25, 0.3) is 10.4 Å². The molecule has 0 bridgehead atoms. The summed E-state index contributed by atoms with van der Waals surface area (Å²) < 4.78 is 40.3. The summed E-state index contributed by atoms with van der Waals surface area (Å²) in [7, 11) is 0. The van der Waals surface area contributed by atoms with Gasteiger partial charge in [0.2, 0.25) is 0 Å². The van der Waals surface area contributed by atoms with Crippen molar-refractivity contribution in [3.05, 3.63) is 30.5 Å². The van der Waals surface area contributed by atoms with Gasteiger partial charge in [0.15, 0.2) is 5.13 Å². The van der Waals surface area contributed by atoms with Crippen LogP contribution in [0.2, 0.25) is 0 Å². The fourth-order valence-electron chi connectivity index (χ4n) is 1.49. The number of nitrogens with one attached hydrogen (secondary N) is 1. The summed E-state index contributed by atoms with van der Waals surface area (Å²) in [5.74, 6) is -0.233.